The molecule has 3 heteroatoms. The molecule has 0 radical (unpaired) electrons. The van der Waals surface area contributed by atoms with E-state index in [2.05, 4.69) is 6.07 Å². The number of benzene rings is 1. The number of aryl methyl sites for hydroxylation is 1. The number of aliphatic hydroxyl groups excluding tert-OH is 1. The van der Waals surface area contributed by atoms with Crippen LogP contribution in [0.2, 0.25) is 0 Å². The Balaban J connectivity index is 1.71. The molecular formula is C17H22O3. The van der Waals surface area contributed by atoms with E-state index < -0.39 is 11.7 Å². The largest absolute Gasteiger partial charge is 0.508 e. The Kier molecular flexibility index (Phi) is 2.67. The van der Waals surface area contributed by atoms with Crippen molar-refractivity contribution < 1.29 is 15.3 Å². The van der Waals surface area contributed by atoms with Crippen LogP contribution in [0.5, 0.6) is 5.75 Å². The van der Waals surface area contributed by atoms with E-state index in [4.69, 9.17) is 0 Å². The van der Waals surface area contributed by atoms with Crippen LogP contribution in [0.3, 0.4) is 0 Å². The van der Waals surface area contributed by atoms with E-state index in [1.807, 2.05) is 6.07 Å². The smallest absolute Gasteiger partial charge is 0.115 e. The highest BCUT2D eigenvalue weighted by Gasteiger charge is 2.56. The highest BCUT2D eigenvalue weighted by atomic mass is 16.3. The monoisotopic (exact) mass is 274 g/mol. The van der Waals surface area contributed by atoms with E-state index in [1.54, 1.807) is 6.07 Å². The van der Waals surface area contributed by atoms with E-state index in [9.17, 15) is 15.3 Å². The zero-order valence-electron chi connectivity index (χ0n) is 11.6. The zero-order valence-corrected chi connectivity index (χ0v) is 11.6. The van der Waals surface area contributed by atoms with Crippen molar-refractivity contribution in [1.29, 1.82) is 0 Å². The summed E-state index contributed by atoms with van der Waals surface area (Å²) in [5.74, 6) is 1.59. The molecule has 2 saturated carbocycles. The Labute approximate surface area is 119 Å². The number of aromatic hydroxyl groups is 1. The quantitative estimate of drug-likeness (QED) is 0.680. The van der Waals surface area contributed by atoms with Gasteiger partial charge in [-0.05, 0) is 79.5 Å². The third kappa shape index (κ3) is 1.60. The fourth-order valence-electron chi connectivity index (χ4n) is 5.18. The number of hydrogen-bond donors (Lipinski definition) is 3. The molecule has 2 fully saturated rings. The summed E-state index contributed by atoms with van der Waals surface area (Å²) in [6.07, 6.45) is 4.87. The fraction of sp³-hybridized carbons (Fsp3) is 0.647. The minimum Gasteiger partial charge on any atom is -0.508 e. The molecule has 0 aromatic heterocycles. The molecule has 3 N–H and O–H groups in total. The summed E-state index contributed by atoms with van der Waals surface area (Å²) in [4.78, 5) is 0. The molecule has 3 aliphatic carbocycles. The molecule has 0 heterocycles. The van der Waals surface area contributed by atoms with Crippen molar-refractivity contribution in [2.45, 2.75) is 56.1 Å². The first-order valence-corrected chi connectivity index (χ1v) is 7.82. The van der Waals surface area contributed by atoms with Gasteiger partial charge in [0.2, 0.25) is 0 Å². The molecule has 4 rings (SSSR count). The second-order valence-corrected chi connectivity index (χ2v) is 6.92. The lowest BCUT2D eigenvalue weighted by Crippen LogP contribution is -2.51. The van der Waals surface area contributed by atoms with Crippen LogP contribution in [0, 0.1) is 11.8 Å². The Morgan fingerprint density at radius 2 is 1.95 bits per heavy atom. The summed E-state index contributed by atoms with van der Waals surface area (Å²) < 4.78 is 0. The molecule has 0 aliphatic heterocycles. The lowest BCUT2D eigenvalue weighted by Gasteiger charge is -2.48. The van der Waals surface area contributed by atoms with Gasteiger partial charge >= 0.3 is 0 Å². The van der Waals surface area contributed by atoms with Gasteiger partial charge in [0.05, 0.1) is 11.7 Å². The Bertz CT molecular complexity index is 541. The predicted molar refractivity (Wildman–Crippen MR) is 75.6 cm³/mol. The van der Waals surface area contributed by atoms with Crippen LogP contribution in [-0.4, -0.2) is 27.0 Å². The summed E-state index contributed by atoms with van der Waals surface area (Å²) in [5, 5.41) is 30.6. The van der Waals surface area contributed by atoms with E-state index in [1.165, 1.54) is 11.1 Å². The predicted octanol–water partition coefficient (Wildman–Crippen LogP) is 2.33. The van der Waals surface area contributed by atoms with E-state index in [0.29, 0.717) is 24.0 Å². The Hall–Kier alpha value is -1.06. The molecule has 0 unspecified atom stereocenters. The lowest BCUT2D eigenvalue weighted by atomic mass is 9.59. The van der Waals surface area contributed by atoms with E-state index >= 15 is 0 Å². The molecule has 0 saturated heterocycles. The van der Waals surface area contributed by atoms with Crippen LogP contribution < -0.4 is 0 Å². The molecule has 3 nitrogen and oxygen atoms in total. The highest BCUT2D eigenvalue weighted by Crippen LogP contribution is 2.56. The molecule has 0 bridgehead atoms. The van der Waals surface area contributed by atoms with E-state index in [-0.39, 0.29) is 5.92 Å². The molecule has 1 aromatic carbocycles. The van der Waals surface area contributed by atoms with Crippen LogP contribution >= 0.6 is 0 Å². The van der Waals surface area contributed by atoms with Crippen molar-refractivity contribution in [3.8, 4) is 5.75 Å². The Morgan fingerprint density at radius 3 is 2.80 bits per heavy atom. The molecular weight excluding hydrogens is 252 g/mol. The molecule has 108 valence electrons. The highest BCUT2D eigenvalue weighted by molar-refractivity contribution is 5.40. The van der Waals surface area contributed by atoms with Crippen molar-refractivity contribution >= 4 is 0 Å². The van der Waals surface area contributed by atoms with Gasteiger partial charge in [-0.2, -0.15) is 0 Å². The number of phenolic OH excluding ortho intramolecular Hbond substituents is 1. The van der Waals surface area contributed by atoms with Gasteiger partial charge in [0.1, 0.15) is 5.75 Å². The number of aliphatic hydroxyl groups is 2. The van der Waals surface area contributed by atoms with Crippen molar-refractivity contribution in [2.24, 2.45) is 11.8 Å². The third-order valence-corrected chi connectivity index (χ3v) is 6.13. The van der Waals surface area contributed by atoms with E-state index in [0.717, 1.165) is 32.1 Å². The van der Waals surface area contributed by atoms with Crippen LogP contribution in [0.15, 0.2) is 18.2 Å². The van der Waals surface area contributed by atoms with Crippen molar-refractivity contribution in [2.75, 3.05) is 0 Å². The van der Waals surface area contributed by atoms with Crippen LogP contribution in [0.4, 0.5) is 0 Å². The molecule has 1 aromatic rings. The SMILES string of the molecule is Oc1ccc2c(c1)CC[C@@H]1[C@@H]2CC[C@]2(O)[C@@H](O)CC[C@@H]12. The zero-order chi connectivity index (χ0) is 13.9. The average Bonchev–Trinajstić information content (AvgIpc) is 2.74. The maximum absolute atomic E-state index is 10.8. The lowest BCUT2D eigenvalue weighted by molar-refractivity contribution is -0.123. The minimum atomic E-state index is -0.838. The third-order valence-electron chi connectivity index (χ3n) is 6.13. The topological polar surface area (TPSA) is 60.7 Å². The van der Waals surface area contributed by atoms with Gasteiger partial charge in [0.15, 0.2) is 0 Å². The second kappa shape index (κ2) is 4.22. The maximum atomic E-state index is 10.8. The number of fused-ring (bicyclic) bond motifs is 5. The summed E-state index contributed by atoms with van der Waals surface area (Å²) in [7, 11) is 0. The number of phenols is 1. The van der Waals surface area contributed by atoms with Crippen LogP contribution in [0.1, 0.15) is 49.1 Å². The first-order valence-electron chi connectivity index (χ1n) is 7.82. The molecule has 20 heavy (non-hydrogen) atoms. The second-order valence-electron chi connectivity index (χ2n) is 6.92. The van der Waals surface area contributed by atoms with Gasteiger partial charge in [-0.25, -0.2) is 0 Å². The standard InChI is InChI=1S/C17H22O3/c18-11-2-4-12-10(9-11)1-3-14-13(12)7-8-17(20)15(14)5-6-16(17)19/h2,4,9,13-16,18-20H,1,3,5-8H2/t13-,14-,15+,16+,17-/m1/s1. The summed E-state index contributed by atoms with van der Waals surface area (Å²) in [6, 6.07) is 5.75. The molecule has 3 aliphatic rings. The van der Waals surface area contributed by atoms with Gasteiger partial charge in [-0.1, -0.05) is 6.07 Å². The summed E-state index contributed by atoms with van der Waals surface area (Å²) >= 11 is 0. The van der Waals surface area contributed by atoms with Gasteiger partial charge < -0.3 is 15.3 Å². The van der Waals surface area contributed by atoms with Crippen molar-refractivity contribution in [3.63, 3.8) is 0 Å². The molecule has 0 spiro atoms. The first-order chi connectivity index (χ1) is 9.59. The summed E-state index contributed by atoms with van der Waals surface area (Å²) in [5.41, 5.74) is 1.80. The van der Waals surface area contributed by atoms with Gasteiger partial charge in [0, 0.05) is 0 Å². The van der Waals surface area contributed by atoms with Crippen molar-refractivity contribution in [1.82, 2.24) is 0 Å². The Morgan fingerprint density at radius 1 is 1.10 bits per heavy atom. The normalized spacial score (nSPS) is 42.7. The first kappa shape index (κ1) is 12.7. The molecule has 0 amide bonds. The minimum absolute atomic E-state index is 0.248. The van der Waals surface area contributed by atoms with Crippen LogP contribution in [0.25, 0.3) is 0 Å². The van der Waals surface area contributed by atoms with Gasteiger partial charge in [-0.15, -0.1) is 0 Å². The fourth-order valence-corrected chi connectivity index (χ4v) is 5.18. The van der Waals surface area contributed by atoms with Gasteiger partial charge in [0.25, 0.3) is 0 Å². The summed E-state index contributed by atoms with van der Waals surface area (Å²) in [6.45, 7) is 0. The average molecular weight is 274 g/mol. The number of hydrogen-bond acceptors (Lipinski definition) is 3. The molecule has 5 atom stereocenters. The van der Waals surface area contributed by atoms with Crippen molar-refractivity contribution in [3.05, 3.63) is 29.3 Å². The number of rotatable bonds is 0. The van der Waals surface area contributed by atoms with Crippen LogP contribution in [-0.2, 0) is 6.42 Å². The maximum Gasteiger partial charge on any atom is 0.115 e. The van der Waals surface area contributed by atoms with Gasteiger partial charge in [-0.3, -0.25) is 0 Å².